The lowest BCUT2D eigenvalue weighted by molar-refractivity contribution is 0.386. The molecule has 0 unspecified atom stereocenters. The Kier molecular flexibility index (Phi) is 8.52. The average molecular weight is 590 g/mol. The van der Waals surface area contributed by atoms with Crippen LogP contribution >= 0.6 is 15.2 Å². The van der Waals surface area contributed by atoms with Gasteiger partial charge in [-0.05, 0) is 97.1 Å². The summed E-state index contributed by atoms with van der Waals surface area (Å²) in [6.07, 6.45) is 0. The molecule has 4 aromatic rings. The Balaban J connectivity index is 1.74. The molecule has 12 heteroatoms. The molecule has 0 amide bonds. The lowest BCUT2D eigenvalue weighted by Crippen LogP contribution is -2.10. The van der Waals surface area contributed by atoms with Crippen molar-refractivity contribution in [3.63, 3.8) is 0 Å². The van der Waals surface area contributed by atoms with Crippen molar-refractivity contribution in [2.75, 3.05) is 0 Å². The summed E-state index contributed by atoms with van der Waals surface area (Å²) in [4.78, 5) is 0. The van der Waals surface area contributed by atoms with Crippen molar-refractivity contribution in [3.8, 4) is 23.0 Å². The maximum absolute atomic E-state index is 14.2. The number of hydrogen-bond acceptors (Lipinski definition) is 6. The Hall–Kier alpha value is -4.26. The molecule has 4 rings (SSSR count). The van der Waals surface area contributed by atoms with Gasteiger partial charge in [-0.1, -0.05) is 13.2 Å². The van der Waals surface area contributed by atoms with Crippen LogP contribution in [0.5, 0.6) is 23.0 Å². The van der Waals surface area contributed by atoms with Crippen LogP contribution in [0.3, 0.4) is 0 Å². The zero-order valence-corrected chi connectivity index (χ0v) is 22.3. The highest BCUT2D eigenvalue weighted by Gasteiger charge is 2.44. The summed E-state index contributed by atoms with van der Waals surface area (Å²) < 4.78 is 105. The molecular weight excluding hydrogens is 570 g/mol. The Morgan fingerprint density at radius 1 is 0.425 bits per heavy atom. The van der Waals surface area contributed by atoms with Gasteiger partial charge in [-0.15, -0.1) is 0 Å². The van der Waals surface area contributed by atoms with Crippen LogP contribution in [-0.2, 0) is 9.13 Å². The highest BCUT2D eigenvalue weighted by Crippen LogP contribution is 2.66. The van der Waals surface area contributed by atoms with E-state index in [1.165, 1.54) is 0 Å². The van der Waals surface area contributed by atoms with Gasteiger partial charge in [0.25, 0.3) is 0 Å². The van der Waals surface area contributed by atoms with Crippen LogP contribution in [0.25, 0.3) is 0 Å². The second kappa shape index (κ2) is 11.9. The smallest absolute Gasteiger partial charge is 0.413 e. The maximum Gasteiger partial charge on any atom is 0.463 e. The summed E-state index contributed by atoms with van der Waals surface area (Å²) in [5.41, 5.74) is 0. The van der Waals surface area contributed by atoms with E-state index >= 15 is 0 Å². The molecule has 0 aromatic heterocycles. The minimum Gasteiger partial charge on any atom is -0.413 e. The molecule has 0 saturated heterocycles. The number of rotatable bonds is 11. The van der Waals surface area contributed by atoms with E-state index in [0.29, 0.717) is 0 Å². The van der Waals surface area contributed by atoms with E-state index in [1.54, 1.807) is 0 Å². The molecule has 0 atom stereocenters. The van der Waals surface area contributed by atoms with Crippen LogP contribution in [0, 0.1) is 23.3 Å². The van der Waals surface area contributed by atoms with Crippen molar-refractivity contribution in [3.05, 3.63) is 144 Å². The van der Waals surface area contributed by atoms with Crippen LogP contribution in [0.1, 0.15) is 0 Å². The van der Waals surface area contributed by atoms with Gasteiger partial charge in [-0.2, -0.15) is 0 Å². The van der Waals surface area contributed by atoms with Gasteiger partial charge in [0.05, 0.1) is 10.6 Å². The van der Waals surface area contributed by atoms with E-state index in [0.717, 1.165) is 97.1 Å². The molecule has 0 aliphatic rings. The quantitative estimate of drug-likeness (QED) is 0.0985. The number of hydrogen-bond donors (Lipinski definition) is 0. The fraction of sp³-hybridized carbons (Fsp3) is 0. The van der Waals surface area contributed by atoms with Crippen LogP contribution in [0.4, 0.5) is 17.6 Å². The van der Waals surface area contributed by atoms with Crippen LogP contribution in [-0.4, -0.2) is 0 Å². The van der Waals surface area contributed by atoms with E-state index < -0.39 is 49.1 Å². The minimum absolute atomic E-state index is 0.116. The van der Waals surface area contributed by atoms with E-state index in [4.69, 9.17) is 18.1 Å². The fourth-order valence-corrected chi connectivity index (χ4v) is 6.59. The second-order valence-corrected chi connectivity index (χ2v) is 11.9. The second-order valence-electron chi connectivity index (χ2n) is 8.07. The zero-order valence-electron chi connectivity index (χ0n) is 20.5. The third-order valence-electron chi connectivity index (χ3n) is 5.15. The van der Waals surface area contributed by atoms with Crippen LogP contribution in [0.15, 0.2) is 121 Å². The van der Waals surface area contributed by atoms with Gasteiger partial charge in [-0.25, -0.2) is 26.7 Å². The first-order valence-corrected chi connectivity index (χ1v) is 14.4. The Morgan fingerprint density at radius 3 is 0.775 bits per heavy atom. The van der Waals surface area contributed by atoms with Gasteiger partial charge in [0.2, 0.25) is 0 Å². The molecule has 0 heterocycles. The van der Waals surface area contributed by atoms with Crippen molar-refractivity contribution < 1.29 is 44.8 Å². The molecule has 0 saturated carbocycles. The van der Waals surface area contributed by atoms with Crippen LogP contribution in [0.2, 0.25) is 0 Å². The van der Waals surface area contributed by atoms with Crippen molar-refractivity contribution in [2.45, 2.75) is 0 Å². The largest absolute Gasteiger partial charge is 0.463 e. The lowest BCUT2D eigenvalue weighted by atomic mass is 10.3. The summed E-state index contributed by atoms with van der Waals surface area (Å²) in [6.45, 7) is 7.44. The Bertz CT molecular complexity index is 1380. The van der Waals surface area contributed by atoms with Crippen LogP contribution < -0.4 is 18.1 Å². The van der Waals surface area contributed by atoms with E-state index in [9.17, 15) is 26.7 Å². The molecule has 40 heavy (non-hydrogen) atoms. The average Bonchev–Trinajstić information content (AvgIpc) is 2.93. The first-order valence-electron chi connectivity index (χ1n) is 11.4. The molecule has 0 radical (unpaired) electrons. The number of allylic oxidation sites excluding steroid dienone is 2. The Morgan fingerprint density at radius 2 is 0.600 bits per heavy atom. The van der Waals surface area contributed by atoms with Gasteiger partial charge >= 0.3 is 15.2 Å². The van der Waals surface area contributed by atoms with Gasteiger partial charge < -0.3 is 18.1 Å². The Labute approximate surface area is 227 Å². The van der Waals surface area contributed by atoms with Gasteiger partial charge in [-0.3, -0.25) is 0 Å². The first-order chi connectivity index (χ1) is 19.0. The molecule has 206 valence electrons. The van der Waals surface area contributed by atoms with Gasteiger partial charge in [0, 0.05) is 0 Å². The van der Waals surface area contributed by atoms with Gasteiger partial charge in [0.15, 0.2) is 0 Å². The highest BCUT2D eigenvalue weighted by atomic mass is 31.2. The normalized spacial score (nSPS) is 11.4. The van der Waals surface area contributed by atoms with Crippen molar-refractivity contribution in [2.24, 2.45) is 0 Å². The highest BCUT2D eigenvalue weighted by molar-refractivity contribution is 7.65. The first kappa shape index (κ1) is 28.7. The summed E-state index contributed by atoms with van der Waals surface area (Å²) in [7, 11) is -9.31. The molecule has 4 aromatic carbocycles. The topological polar surface area (TPSA) is 71.1 Å². The SMILES string of the molecule is C=C(C(=C)P(=O)(Oc1ccc(F)cc1)Oc1ccc(F)cc1)P(=O)(Oc1ccc(F)cc1)Oc1ccc(F)cc1. The van der Waals surface area contributed by atoms with Crippen molar-refractivity contribution >= 4 is 15.2 Å². The molecule has 0 fully saturated rings. The van der Waals surface area contributed by atoms with Gasteiger partial charge in [0.1, 0.15) is 46.3 Å². The predicted molar refractivity (Wildman–Crippen MR) is 142 cm³/mol. The molecule has 0 spiro atoms. The minimum atomic E-state index is -4.65. The zero-order chi connectivity index (χ0) is 28.9. The maximum atomic E-state index is 14.2. The molecule has 0 N–H and O–H groups in total. The molecular formula is C28H20F4O6P2. The summed E-state index contributed by atoms with van der Waals surface area (Å²) in [6, 6.07) is 17.6. The molecule has 0 aliphatic carbocycles. The fourth-order valence-electron chi connectivity index (χ4n) is 3.11. The number of benzene rings is 4. The van der Waals surface area contributed by atoms with Crippen molar-refractivity contribution in [1.82, 2.24) is 0 Å². The predicted octanol–water partition coefficient (Wildman–Crippen LogP) is 9.27. The third-order valence-corrected chi connectivity index (χ3v) is 8.99. The monoisotopic (exact) mass is 590 g/mol. The standard InChI is InChI=1S/C28H20F4O6P2/c1-19(39(33,35-25-11-3-21(29)4-12-25)36-26-13-5-22(30)6-14-26)20(2)40(34,37-27-15-7-23(31)8-16-27)38-28-17-9-24(32)10-18-28/h3-18H,1-2H2. The third kappa shape index (κ3) is 7.03. The van der Waals surface area contributed by atoms with E-state index in [2.05, 4.69) is 13.2 Å². The van der Waals surface area contributed by atoms with Crippen molar-refractivity contribution in [1.29, 1.82) is 0 Å². The summed E-state index contributed by atoms with van der Waals surface area (Å²) in [5, 5.41) is -1.15. The van der Waals surface area contributed by atoms with E-state index in [-0.39, 0.29) is 23.0 Å². The summed E-state index contributed by atoms with van der Waals surface area (Å²) in [5.74, 6) is -2.87. The van der Waals surface area contributed by atoms with E-state index in [1.807, 2.05) is 0 Å². The number of halogens is 4. The summed E-state index contributed by atoms with van der Waals surface area (Å²) >= 11 is 0. The molecule has 0 aliphatic heterocycles. The molecule has 0 bridgehead atoms. The lowest BCUT2D eigenvalue weighted by Gasteiger charge is -2.26. The molecule has 6 nitrogen and oxygen atoms in total.